The molecule has 0 saturated heterocycles. The van der Waals surface area contributed by atoms with Crippen LogP contribution in [0.3, 0.4) is 0 Å². The van der Waals surface area contributed by atoms with Crippen LogP contribution in [-0.2, 0) is 4.79 Å². The molecule has 64 valence electrons. The first-order chi connectivity index (χ1) is 5.83. The Kier molecular flexibility index (Phi) is 1.92. The second-order valence-electron chi connectivity index (χ2n) is 3.90. The minimum absolute atomic E-state index is 0.447. The van der Waals surface area contributed by atoms with E-state index in [1.54, 1.807) is 0 Å². The summed E-state index contributed by atoms with van der Waals surface area (Å²) in [5.41, 5.74) is 0. The van der Waals surface area contributed by atoms with Crippen molar-refractivity contribution in [3.8, 4) is 11.8 Å². The highest BCUT2D eigenvalue weighted by molar-refractivity contribution is 5.84. The summed E-state index contributed by atoms with van der Waals surface area (Å²) in [7, 11) is 0. The molecule has 0 aromatic carbocycles. The molecular weight excluding hydrogens is 148 g/mol. The summed E-state index contributed by atoms with van der Waals surface area (Å²) in [5.74, 6) is 8.47. The average molecular weight is 162 g/mol. The number of hydrogen-bond acceptors (Lipinski definition) is 1. The fourth-order valence-electron chi connectivity index (χ4n) is 2.32. The Morgan fingerprint density at radius 1 is 1.58 bits per heavy atom. The van der Waals surface area contributed by atoms with Crippen LogP contribution in [-0.4, -0.2) is 5.78 Å². The smallest absolute Gasteiger partial charge is 0.136 e. The third-order valence-corrected chi connectivity index (χ3v) is 3.16. The first-order valence-corrected chi connectivity index (χ1v) is 4.75. The molecule has 2 aliphatic carbocycles. The number of rotatable bonds is 1. The van der Waals surface area contributed by atoms with Gasteiger partial charge in [0, 0.05) is 18.8 Å². The average Bonchev–Trinajstić information content (AvgIpc) is 2.83. The van der Waals surface area contributed by atoms with Crippen molar-refractivity contribution in [2.45, 2.75) is 32.6 Å². The lowest BCUT2D eigenvalue weighted by molar-refractivity contribution is -0.122. The zero-order valence-electron chi connectivity index (χ0n) is 7.47. The maximum Gasteiger partial charge on any atom is 0.136 e. The molecule has 0 spiro atoms. The highest BCUT2D eigenvalue weighted by Gasteiger charge is 2.49. The molecule has 12 heavy (non-hydrogen) atoms. The molecule has 2 fully saturated rings. The van der Waals surface area contributed by atoms with Gasteiger partial charge < -0.3 is 0 Å². The quantitative estimate of drug-likeness (QED) is 0.539. The molecule has 0 amide bonds. The van der Waals surface area contributed by atoms with Crippen LogP contribution in [0, 0.1) is 29.6 Å². The van der Waals surface area contributed by atoms with Crippen molar-refractivity contribution in [2.75, 3.05) is 0 Å². The first kappa shape index (κ1) is 7.86. The van der Waals surface area contributed by atoms with Crippen LogP contribution < -0.4 is 0 Å². The van der Waals surface area contributed by atoms with Gasteiger partial charge in [-0.1, -0.05) is 0 Å². The van der Waals surface area contributed by atoms with Gasteiger partial charge in [0.15, 0.2) is 0 Å². The van der Waals surface area contributed by atoms with Gasteiger partial charge in [-0.25, -0.2) is 0 Å². The van der Waals surface area contributed by atoms with Crippen molar-refractivity contribution in [1.29, 1.82) is 0 Å². The lowest BCUT2D eigenvalue weighted by Crippen LogP contribution is -2.16. The van der Waals surface area contributed by atoms with E-state index >= 15 is 0 Å². The molecule has 3 unspecified atom stereocenters. The molecule has 0 aliphatic heterocycles. The van der Waals surface area contributed by atoms with Gasteiger partial charge in [-0.05, 0) is 31.6 Å². The Labute approximate surface area is 73.5 Å². The zero-order valence-corrected chi connectivity index (χ0v) is 7.47. The fourth-order valence-corrected chi connectivity index (χ4v) is 2.32. The number of carbonyl (C=O) groups is 1. The first-order valence-electron chi connectivity index (χ1n) is 4.75. The molecule has 3 atom stereocenters. The highest BCUT2D eigenvalue weighted by atomic mass is 16.1. The Morgan fingerprint density at radius 3 is 3.17 bits per heavy atom. The molecule has 0 bridgehead atoms. The van der Waals surface area contributed by atoms with E-state index < -0.39 is 0 Å². The van der Waals surface area contributed by atoms with Crippen LogP contribution in [0.4, 0.5) is 0 Å². The van der Waals surface area contributed by atoms with Gasteiger partial charge in [0.25, 0.3) is 0 Å². The predicted molar refractivity (Wildman–Crippen MR) is 47.4 cm³/mol. The lowest BCUT2D eigenvalue weighted by atomic mass is 9.86. The van der Waals surface area contributed by atoms with Gasteiger partial charge in [-0.15, -0.1) is 11.8 Å². The van der Waals surface area contributed by atoms with Gasteiger partial charge >= 0.3 is 0 Å². The molecule has 0 aromatic rings. The Morgan fingerprint density at radius 2 is 2.42 bits per heavy atom. The maximum atomic E-state index is 11.2. The van der Waals surface area contributed by atoms with Crippen molar-refractivity contribution in [2.24, 2.45) is 17.8 Å². The molecule has 0 heterocycles. The Hall–Kier alpha value is -0.770. The van der Waals surface area contributed by atoms with E-state index in [2.05, 4.69) is 11.8 Å². The summed E-state index contributed by atoms with van der Waals surface area (Å²) in [4.78, 5) is 11.2. The number of ketones is 1. The Bertz CT molecular complexity index is 256. The molecule has 0 radical (unpaired) electrons. The summed E-state index contributed by atoms with van der Waals surface area (Å²) >= 11 is 0. The molecule has 1 nitrogen and oxygen atoms in total. The summed E-state index contributed by atoms with van der Waals surface area (Å²) in [6, 6.07) is 0. The van der Waals surface area contributed by atoms with Crippen LogP contribution >= 0.6 is 0 Å². The van der Waals surface area contributed by atoms with Crippen LogP contribution in [0.5, 0.6) is 0 Å². The summed E-state index contributed by atoms with van der Waals surface area (Å²) < 4.78 is 0. The van der Waals surface area contributed by atoms with Crippen LogP contribution in [0.25, 0.3) is 0 Å². The Balaban J connectivity index is 1.93. The largest absolute Gasteiger partial charge is 0.299 e. The van der Waals surface area contributed by atoms with Gasteiger partial charge in [0.1, 0.15) is 5.78 Å². The van der Waals surface area contributed by atoms with Crippen LogP contribution in [0.1, 0.15) is 32.6 Å². The second-order valence-corrected chi connectivity index (χ2v) is 3.90. The van der Waals surface area contributed by atoms with E-state index in [0.717, 1.165) is 31.6 Å². The van der Waals surface area contributed by atoms with Crippen molar-refractivity contribution in [3.05, 3.63) is 0 Å². The molecule has 1 heteroatoms. The van der Waals surface area contributed by atoms with E-state index in [1.165, 1.54) is 0 Å². The molecule has 0 N–H and O–H groups in total. The minimum Gasteiger partial charge on any atom is -0.299 e. The van der Waals surface area contributed by atoms with Gasteiger partial charge in [-0.2, -0.15) is 0 Å². The number of fused-ring (bicyclic) bond motifs is 1. The van der Waals surface area contributed by atoms with Crippen LogP contribution in [0.15, 0.2) is 0 Å². The molecule has 2 saturated carbocycles. The minimum atomic E-state index is 0.447. The standard InChI is InChI=1S/C11H14O/c1-2-3-4-8-5-6-11(12)10-7-9(8)10/h8-10H,4-7H2,1H3. The lowest BCUT2D eigenvalue weighted by Gasteiger charge is -2.17. The van der Waals surface area contributed by atoms with Gasteiger partial charge in [0.05, 0.1) is 0 Å². The molecule has 0 aromatic heterocycles. The summed E-state index contributed by atoms with van der Waals surface area (Å²) in [6.07, 6.45) is 4.09. The van der Waals surface area contributed by atoms with E-state index in [0.29, 0.717) is 17.6 Å². The highest BCUT2D eigenvalue weighted by Crippen LogP contribution is 2.51. The third kappa shape index (κ3) is 1.27. The normalized spacial score (nSPS) is 38.1. The molecule has 2 aliphatic rings. The number of Topliss-reactive ketones (excluding diaryl/α,β-unsaturated/α-hetero) is 1. The van der Waals surface area contributed by atoms with E-state index in [4.69, 9.17) is 0 Å². The summed E-state index contributed by atoms with van der Waals surface area (Å²) in [6.45, 7) is 1.89. The van der Waals surface area contributed by atoms with Crippen molar-refractivity contribution in [1.82, 2.24) is 0 Å². The van der Waals surface area contributed by atoms with E-state index in [-0.39, 0.29) is 0 Å². The van der Waals surface area contributed by atoms with Gasteiger partial charge in [-0.3, -0.25) is 4.79 Å². The SMILES string of the molecule is CC#CCC1CCC(=O)C2CC12. The molecule has 2 rings (SSSR count). The van der Waals surface area contributed by atoms with Crippen molar-refractivity contribution >= 4 is 5.78 Å². The second kappa shape index (κ2) is 2.94. The third-order valence-electron chi connectivity index (χ3n) is 3.16. The predicted octanol–water partition coefficient (Wildman–Crippen LogP) is 2.02. The van der Waals surface area contributed by atoms with E-state index in [9.17, 15) is 4.79 Å². The monoisotopic (exact) mass is 162 g/mol. The van der Waals surface area contributed by atoms with Crippen molar-refractivity contribution < 1.29 is 4.79 Å². The van der Waals surface area contributed by atoms with Crippen molar-refractivity contribution in [3.63, 3.8) is 0 Å². The zero-order chi connectivity index (χ0) is 8.55. The number of hydrogen-bond donors (Lipinski definition) is 0. The summed E-state index contributed by atoms with van der Waals surface area (Å²) in [5, 5.41) is 0. The van der Waals surface area contributed by atoms with Gasteiger partial charge in [0.2, 0.25) is 0 Å². The van der Waals surface area contributed by atoms with E-state index in [1.807, 2.05) is 6.92 Å². The fraction of sp³-hybridized carbons (Fsp3) is 0.727. The number of carbonyl (C=O) groups excluding carboxylic acids is 1. The van der Waals surface area contributed by atoms with Crippen LogP contribution in [0.2, 0.25) is 0 Å². The molecular formula is C11H14O. The topological polar surface area (TPSA) is 17.1 Å². The maximum absolute atomic E-state index is 11.2.